The molecule has 0 aliphatic carbocycles. The average Bonchev–Trinajstić information content (AvgIpc) is 3.02. The predicted molar refractivity (Wildman–Crippen MR) is 173 cm³/mol. The second kappa shape index (κ2) is 13.5. The lowest BCUT2D eigenvalue weighted by Gasteiger charge is -2.23. The van der Waals surface area contributed by atoms with Gasteiger partial charge in [-0.15, -0.1) is 0 Å². The van der Waals surface area contributed by atoms with E-state index in [0.29, 0.717) is 47.9 Å². The zero-order valence-corrected chi connectivity index (χ0v) is 24.7. The van der Waals surface area contributed by atoms with Gasteiger partial charge in [-0.3, -0.25) is 14.6 Å². The number of carbonyl (C=O) groups excluding carboxylic acids is 1. The number of aryl methyl sites for hydroxylation is 1. The van der Waals surface area contributed by atoms with Gasteiger partial charge in [-0.25, -0.2) is 9.37 Å². The first-order valence-electron chi connectivity index (χ1n) is 14.4. The van der Waals surface area contributed by atoms with Crippen LogP contribution in [0.1, 0.15) is 34.3 Å². The molecule has 0 unspecified atom stereocenters. The summed E-state index contributed by atoms with van der Waals surface area (Å²) in [7, 11) is 1.61. The van der Waals surface area contributed by atoms with Crippen molar-refractivity contribution in [2.45, 2.75) is 26.3 Å². The van der Waals surface area contributed by atoms with Crippen molar-refractivity contribution < 1.29 is 13.9 Å². The van der Waals surface area contributed by atoms with Gasteiger partial charge in [-0.2, -0.15) is 0 Å². The Labute approximate surface area is 255 Å². The molecule has 3 heterocycles. The zero-order chi connectivity index (χ0) is 31.2. The molecule has 2 aromatic heterocycles. The summed E-state index contributed by atoms with van der Waals surface area (Å²) in [5.74, 6) is -0.758. The summed E-state index contributed by atoms with van der Waals surface area (Å²) in [6.45, 7) is 3.99. The fourth-order valence-electron chi connectivity index (χ4n) is 5.28. The van der Waals surface area contributed by atoms with E-state index >= 15 is 4.39 Å². The average molecular weight is 595 g/mol. The number of benzene rings is 2. The van der Waals surface area contributed by atoms with Crippen LogP contribution in [0, 0.1) is 18.7 Å². The van der Waals surface area contributed by atoms with Crippen molar-refractivity contribution >= 4 is 29.2 Å². The zero-order valence-electron chi connectivity index (χ0n) is 24.7. The maximum Gasteiger partial charge on any atom is 0.261 e. The van der Waals surface area contributed by atoms with Crippen molar-refractivity contribution in [1.82, 2.24) is 9.55 Å². The lowest BCUT2D eigenvalue weighted by molar-refractivity contribution is 0.0612. The predicted octanol–water partition coefficient (Wildman–Crippen LogP) is 5.29. The van der Waals surface area contributed by atoms with E-state index in [-0.39, 0.29) is 22.6 Å². The molecule has 1 amide bonds. The number of anilines is 2. The Morgan fingerprint density at radius 1 is 1.11 bits per heavy atom. The highest BCUT2D eigenvalue weighted by molar-refractivity contribution is 6.10. The Balaban J connectivity index is 1.46. The van der Waals surface area contributed by atoms with Crippen molar-refractivity contribution in [1.29, 1.82) is 0 Å². The number of amides is 1. The third kappa shape index (κ3) is 6.76. The van der Waals surface area contributed by atoms with Gasteiger partial charge in [0, 0.05) is 91.3 Å². The third-order valence-corrected chi connectivity index (χ3v) is 7.71. The van der Waals surface area contributed by atoms with Crippen LogP contribution in [0.4, 0.5) is 15.9 Å². The molecule has 0 bridgehead atoms. The number of allylic oxidation sites excluding steroid dienone is 1. The number of aromatic nitrogens is 2. The standard InChI is InChI=1S/C34H35FN6O3/c1-21-3-5-23(6-4-21)29-19-41(18-22-9-11-44-12-10-22)20-30(32(29)42)34(43)40-26-7-8-27(31(35)14-26)28-13-24(17-39-33(28)37)25(15-36)16-38-2/h3-8,13-17,19-20,22H,9-12,18,36H2,1-2H3,(H2,37,39)(H,40,43). The molecule has 5 rings (SSSR count). The van der Waals surface area contributed by atoms with Crippen molar-refractivity contribution in [3.8, 4) is 22.3 Å². The molecular formula is C34H35FN6O3. The van der Waals surface area contributed by atoms with Crippen molar-refractivity contribution in [2.75, 3.05) is 31.3 Å². The van der Waals surface area contributed by atoms with E-state index in [0.717, 1.165) is 24.0 Å². The normalized spacial score (nSPS) is 14.2. The number of nitrogens with zero attached hydrogens (tertiary/aromatic N) is 3. The molecule has 4 aromatic rings. The second-order valence-corrected chi connectivity index (χ2v) is 10.8. The molecule has 9 nitrogen and oxygen atoms in total. The van der Waals surface area contributed by atoms with Crippen LogP contribution in [0.15, 0.2) is 83.1 Å². The second-order valence-electron chi connectivity index (χ2n) is 10.8. The van der Waals surface area contributed by atoms with Crippen molar-refractivity contribution in [3.63, 3.8) is 0 Å². The minimum Gasteiger partial charge on any atom is -0.404 e. The van der Waals surface area contributed by atoms with E-state index in [9.17, 15) is 9.59 Å². The largest absolute Gasteiger partial charge is 0.404 e. The first-order valence-corrected chi connectivity index (χ1v) is 14.4. The fourth-order valence-corrected chi connectivity index (χ4v) is 5.28. The number of hydrogen-bond donors (Lipinski definition) is 3. The van der Waals surface area contributed by atoms with Gasteiger partial charge in [0.1, 0.15) is 17.2 Å². The Morgan fingerprint density at radius 2 is 1.86 bits per heavy atom. The fraction of sp³-hybridized carbons (Fsp3) is 0.235. The Morgan fingerprint density at radius 3 is 2.55 bits per heavy atom. The number of carbonyl (C=O) groups is 1. The molecule has 2 aromatic carbocycles. The molecular weight excluding hydrogens is 559 g/mol. The molecule has 0 spiro atoms. The molecule has 1 saturated heterocycles. The van der Waals surface area contributed by atoms with Crippen molar-refractivity contribution in [2.24, 2.45) is 16.6 Å². The van der Waals surface area contributed by atoms with Gasteiger partial charge in [0.15, 0.2) is 0 Å². The van der Waals surface area contributed by atoms with Crippen LogP contribution < -0.4 is 22.2 Å². The van der Waals surface area contributed by atoms with Crippen LogP contribution in [0.5, 0.6) is 0 Å². The molecule has 1 fully saturated rings. The number of rotatable bonds is 8. The van der Waals surface area contributed by atoms with E-state index in [2.05, 4.69) is 15.3 Å². The SMILES string of the molecule is CN=CC(=CN)c1cnc(N)c(-c2ccc(NC(=O)c3cn(CC4CCOCC4)cc(-c4ccc(C)cc4)c3=O)cc2F)c1. The van der Waals surface area contributed by atoms with Crippen LogP contribution in [-0.2, 0) is 11.3 Å². The number of aliphatic imine (C=N–C) groups is 1. The van der Waals surface area contributed by atoms with Gasteiger partial charge in [-0.1, -0.05) is 29.8 Å². The molecule has 226 valence electrons. The summed E-state index contributed by atoms with van der Waals surface area (Å²) < 4.78 is 22.9. The molecule has 0 atom stereocenters. The number of pyridine rings is 2. The maximum atomic E-state index is 15.5. The summed E-state index contributed by atoms with van der Waals surface area (Å²) in [6.07, 6.45) is 9.66. The maximum absolute atomic E-state index is 15.5. The van der Waals surface area contributed by atoms with Gasteiger partial charge in [0.2, 0.25) is 5.43 Å². The van der Waals surface area contributed by atoms with Crippen LogP contribution in [0.3, 0.4) is 0 Å². The van der Waals surface area contributed by atoms with Gasteiger partial charge < -0.3 is 26.1 Å². The lowest BCUT2D eigenvalue weighted by atomic mass is 9.99. The number of ether oxygens (including phenoxy) is 1. The molecule has 10 heteroatoms. The number of nitrogen functional groups attached to an aromatic ring is 1. The number of hydrogen-bond acceptors (Lipinski definition) is 7. The highest BCUT2D eigenvalue weighted by atomic mass is 19.1. The minimum absolute atomic E-state index is 0.0283. The van der Waals surface area contributed by atoms with Gasteiger partial charge in [0.25, 0.3) is 5.91 Å². The Hall–Kier alpha value is -5.09. The van der Waals surface area contributed by atoms with Crippen LogP contribution in [-0.4, -0.2) is 41.9 Å². The molecule has 1 aliphatic rings. The Bertz CT molecular complexity index is 1790. The topological polar surface area (TPSA) is 138 Å². The first kappa shape index (κ1) is 30.4. The van der Waals surface area contributed by atoms with E-state index < -0.39 is 17.2 Å². The highest BCUT2D eigenvalue weighted by Gasteiger charge is 2.20. The van der Waals surface area contributed by atoms with E-state index in [1.165, 1.54) is 24.5 Å². The molecule has 5 N–H and O–H groups in total. The first-order chi connectivity index (χ1) is 21.3. The quantitative estimate of drug-likeness (QED) is 0.237. The number of nitrogens with one attached hydrogen (secondary N) is 1. The Kier molecular flexibility index (Phi) is 9.30. The molecule has 0 saturated carbocycles. The minimum atomic E-state index is -0.628. The van der Waals surface area contributed by atoms with Crippen molar-refractivity contribution in [3.05, 3.63) is 106 Å². The third-order valence-electron chi connectivity index (χ3n) is 7.71. The molecule has 44 heavy (non-hydrogen) atoms. The number of nitrogens with two attached hydrogens (primary N) is 2. The highest BCUT2D eigenvalue weighted by Crippen LogP contribution is 2.31. The van der Waals surface area contributed by atoms with Gasteiger partial charge in [-0.05, 0) is 55.5 Å². The van der Waals surface area contributed by atoms with Crippen LogP contribution in [0.25, 0.3) is 27.8 Å². The summed E-state index contributed by atoms with van der Waals surface area (Å²) in [4.78, 5) is 35.3. The van der Waals surface area contributed by atoms with E-state index in [1.54, 1.807) is 37.8 Å². The van der Waals surface area contributed by atoms with Crippen LogP contribution >= 0.6 is 0 Å². The van der Waals surface area contributed by atoms with E-state index in [1.807, 2.05) is 35.8 Å². The monoisotopic (exact) mass is 594 g/mol. The number of halogens is 1. The van der Waals surface area contributed by atoms with Crippen LogP contribution in [0.2, 0.25) is 0 Å². The summed E-state index contributed by atoms with van der Waals surface area (Å²) in [6, 6.07) is 13.5. The van der Waals surface area contributed by atoms with Gasteiger partial charge in [0.05, 0.1) is 0 Å². The van der Waals surface area contributed by atoms with E-state index in [4.69, 9.17) is 16.2 Å². The summed E-state index contributed by atoms with van der Waals surface area (Å²) in [5, 5.41) is 2.71. The summed E-state index contributed by atoms with van der Waals surface area (Å²) in [5.41, 5.74) is 15.6. The lowest BCUT2D eigenvalue weighted by Crippen LogP contribution is -2.26. The smallest absolute Gasteiger partial charge is 0.261 e. The summed E-state index contributed by atoms with van der Waals surface area (Å²) >= 11 is 0. The van der Waals surface area contributed by atoms with Gasteiger partial charge >= 0.3 is 0 Å². The molecule has 0 radical (unpaired) electrons. The molecule has 1 aliphatic heterocycles.